The van der Waals surface area contributed by atoms with Gasteiger partial charge in [0.2, 0.25) is 0 Å². The summed E-state index contributed by atoms with van der Waals surface area (Å²) >= 11 is 7.73. The normalized spacial score (nSPS) is 10.4. The third kappa shape index (κ3) is 6.35. The monoisotopic (exact) mass is 392 g/mol. The molecule has 1 amide bonds. The van der Waals surface area contributed by atoms with Crippen molar-refractivity contribution in [3.8, 4) is 0 Å². The zero-order valence-corrected chi connectivity index (χ0v) is 16.3. The van der Waals surface area contributed by atoms with Gasteiger partial charge in [0.1, 0.15) is 5.15 Å². The van der Waals surface area contributed by atoms with Gasteiger partial charge >= 0.3 is 5.97 Å². The number of nitrogens with one attached hydrogen (secondary N) is 1. The Morgan fingerprint density at radius 2 is 1.96 bits per heavy atom. The molecular weight excluding hydrogens is 372 g/mol. The van der Waals surface area contributed by atoms with Crippen LogP contribution >= 0.6 is 23.4 Å². The van der Waals surface area contributed by atoms with E-state index >= 15 is 0 Å². The van der Waals surface area contributed by atoms with Crippen LogP contribution in [0.4, 0.5) is 0 Å². The third-order valence-electron chi connectivity index (χ3n) is 3.49. The fourth-order valence-corrected chi connectivity index (χ4v) is 3.53. The molecule has 0 unspecified atom stereocenters. The first-order chi connectivity index (χ1) is 12.5. The molecule has 1 heterocycles. The smallest absolute Gasteiger partial charge is 0.342 e. The van der Waals surface area contributed by atoms with Gasteiger partial charge in [-0.05, 0) is 49.8 Å². The van der Waals surface area contributed by atoms with Crippen molar-refractivity contribution in [3.63, 3.8) is 0 Å². The molecule has 26 heavy (non-hydrogen) atoms. The van der Waals surface area contributed by atoms with Crippen LogP contribution in [-0.2, 0) is 9.53 Å². The van der Waals surface area contributed by atoms with Crippen molar-refractivity contribution in [1.82, 2.24) is 10.3 Å². The number of amides is 1. The molecule has 0 bridgehead atoms. The number of benzene rings is 1. The van der Waals surface area contributed by atoms with Crippen LogP contribution in [0.5, 0.6) is 0 Å². The highest BCUT2D eigenvalue weighted by molar-refractivity contribution is 7.99. The van der Waals surface area contributed by atoms with Crippen molar-refractivity contribution in [2.45, 2.75) is 25.2 Å². The number of aryl methyl sites for hydroxylation is 2. The minimum Gasteiger partial charge on any atom is -0.452 e. The highest BCUT2D eigenvalue weighted by Crippen LogP contribution is 2.19. The lowest BCUT2D eigenvalue weighted by Gasteiger charge is -2.09. The number of pyridine rings is 1. The molecule has 0 aliphatic rings. The molecule has 1 N–H and O–H groups in total. The number of ether oxygens (including phenoxy) is 1. The van der Waals surface area contributed by atoms with Crippen LogP contribution in [0.15, 0.2) is 41.3 Å². The SMILES string of the molecule is Cc1cc(C)c(C(=O)OCC(=O)NCCCSc2ccccc2)c(Cl)n1. The Labute approximate surface area is 162 Å². The van der Waals surface area contributed by atoms with Crippen LogP contribution in [0, 0.1) is 13.8 Å². The predicted molar refractivity (Wildman–Crippen MR) is 104 cm³/mol. The van der Waals surface area contributed by atoms with E-state index in [1.807, 2.05) is 18.2 Å². The molecule has 0 aliphatic carbocycles. The molecule has 0 radical (unpaired) electrons. The maximum Gasteiger partial charge on any atom is 0.342 e. The van der Waals surface area contributed by atoms with Gasteiger partial charge in [0.15, 0.2) is 6.61 Å². The van der Waals surface area contributed by atoms with Gasteiger partial charge in [-0.3, -0.25) is 4.79 Å². The number of carbonyl (C=O) groups excluding carboxylic acids is 2. The van der Waals surface area contributed by atoms with Crippen molar-refractivity contribution in [3.05, 3.63) is 58.4 Å². The summed E-state index contributed by atoms with van der Waals surface area (Å²) in [7, 11) is 0. The molecule has 1 aromatic heterocycles. The first-order valence-electron chi connectivity index (χ1n) is 8.23. The van der Waals surface area contributed by atoms with Crippen LogP contribution in [-0.4, -0.2) is 35.8 Å². The molecule has 0 atom stereocenters. The first-order valence-corrected chi connectivity index (χ1v) is 9.59. The molecule has 7 heteroatoms. The van der Waals surface area contributed by atoms with Gasteiger partial charge in [-0.2, -0.15) is 0 Å². The molecule has 0 fully saturated rings. The van der Waals surface area contributed by atoms with E-state index in [0.29, 0.717) is 12.1 Å². The maximum absolute atomic E-state index is 12.1. The number of hydrogen-bond donors (Lipinski definition) is 1. The molecule has 5 nitrogen and oxygen atoms in total. The Morgan fingerprint density at radius 1 is 1.23 bits per heavy atom. The molecule has 0 spiro atoms. The lowest BCUT2D eigenvalue weighted by molar-refractivity contribution is -0.124. The Morgan fingerprint density at radius 3 is 2.65 bits per heavy atom. The zero-order valence-electron chi connectivity index (χ0n) is 14.8. The van der Waals surface area contributed by atoms with Gasteiger partial charge in [0.05, 0.1) is 5.56 Å². The van der Waals surface area contributed by atoms with E-state index in [-0.39, 0.29) is 23.2 Å². The number of hydrogen-bond acceptors (Lipinski definition) is 5. The van der Waals surface area contributed by atoms with Crippen LogP contribution in [0.2, 0.25) is 5.15 Å². The molecule has 0 aliphatic heterocycles. The zero-order chi connectivity index (χ0) is 18.9. The molecule has 1 aromatic carbocycles. The quantitative estimate of drug-likeness (QED) is 0.320. The number of thioether (sulfide) groups is 1. The number of halogens is 1. The number of esters is 1. The Balaban J connectivity index is 1.68. The Bertz CT molecular complexity index is 746. The van der Waals surface area contributed by atoms with E-state index in [2.05, 4.69) is 22.4 Å². The fraction of sp³-hybridized carbons (Fsp3) is 0.316. The van der Waals surface area contributed by atoms with Gasteiger partial charge in [0.25, 0.3) is 5.91 Å². The summed E-state index contributed by atoms with van der Waals surface area (Å²) in [5, 5.41) is 2.82. The van der Waals surface area contributed by atoms with Gasteiger partial charge < -0.3 is 10.1 Å². The maximum atomic E-state index is 12.1. The van der Waals surface area contributed by atoms with E-state index < -0.39 is 5.97 Å². The summed E-state index contributed by atoms with van der Waals surface area (Å²) < 4.78 is 5.04. The number of rotatable bonds is 8. The van der Waals surface area contributed by atoms with Crippen molar-refractivity contribution in [1.29, 1.82) is 0 Å². The van der Waals surface area contributed by atoms with Crippen molar-refractivity contribution in [2.24, 2.45) is 0 Å². The topological polar surface area (TPSA) is 68.3 Å². The fourth-order valence-electron chi connectivity index (χ4n) is 2.30. The number of nitrogens with zero attached hydrogens (tertiary/aromatic N) is 1. The summed E-state index contributed by atoms with van der Waals surface area (Å²) in [6.45, 7) is 3.73. The Hall–Kier alpha value is -2.05. The van der Waals surface area contributed by atoms with E-state index in [1.54, 1.807) is 31.7 Å². The van der Waals surface area contributed by atoms with Crippen molar-refractivity contribution >= 4 is 35.2 Å². The van der Waals surface area contributed by atoms with Crippen LogP contribution in [0.1, 0.15) is 28.0 Å². The lowest BCUT2D eigenvalue weighted by atomic mass is 10.1. The highest BCUT2D eigenvalue weighted by atomic mass is 35.5. The largest absolute Gasteiger partial charge is 0.452 e. The van der Waals surface area contributed by atoms with Gasteiger partial charge in [-0.15, -0.1) is 11.8 Å². The summed E-state index contributed by atoms with van der Waals surface area (Å²) in [6.07, 6.45) is 0.825. The van der Waals surface area contributed by atoms with E-state index in [4.69, 9.17) is 16.3 Å². The summed E-state index contributed by atoms with van der Waals surface area (Å²) in [5.41, 5.74) is 1.59. The first kappa shape index (κ1) is 20.3. The highest BCUT2D eigenvalue weighted by Gasteiger charge is 2.18. The molecular formula is C19H21ClN2O3S. The summed E-state index contributed by atoms with van der Waals surface area (Å²) in [5.74, 6) is -0.0832. The van der Waals surface area contributed by atoms with Crippen LogP contribution in [0.25, 0.3) is 0 Å². The number of aromatic nitrogens is 1. The van der Waals surface area contributed by atoms with Crippen molar-refractivity contribution in [2.75, 3.05) is 18.9 Å². The minimum absolute atomic E-state index is 0.0887. The summed E-state index contributed by atoms with van der Waals surface area (Å²) in [4.78, 5) is 29.1. The van der Waals surface area contributed by atoms with Gasteiger partial charge in [-0.25, -0.2) is 9.78 Å². The van der Waals surface area contributed by atoms with Gasteiger partial charge in [-0.1, -0.05) is 29.8 Å². The standard InChI is InChI=1S/C19H21ClN2O3S/c1-13-11-14(2)22-18(20)17(13)19(24)25-12-16(23)21-9-6-10-26-15-7-4-3-5-8-15/h3-5,7-8,11H,6,9-10,12H2,1-2H3,(H,21,23). The molecule has 138 valence electrons. The average molecular weight is 393 g/mol. The van der Waals surface area contributed by atoms with Crippen LogP contribution in [0.3, 0.4) is 0 Å². The van der Waals surface area contributed by atoms with E-state index in [1.165, 1.54) is 4.90 Å². The second-order valence-electron chi connectivity index (χ2n) is 5.69. The molecule has 2 aromatic rings. The molecule has 0 saturated heterocycles. The average Bonchev–Trinajstić information content (AvgIpc) is 2.59. The number of carbonyl (C=O) groups is 2. The molecule has 2 rings (SSSR count). The van der Waals surface area contributed by atoms with E-state index in [0.717, 1.165) is 17.9 Å². The summed E-state index contributed by atoms with van der Waals surface area (Å²) in [6, 6.07) is 11.8. The Kier molecular flexibility index (Phi) is 7.94. The third-order valence-corrected chi connectivity index (χ3v) is 4.87. The van der Waals surface area contributed by atoms with Gasteiger partial charge in [0, 0.05) is 17.1 Å². The second kappa shape index (κ2) is 10.2. The van der Waals surface area contributed by atoms with Crippen molar-refractivity contribution < 1.29 is 14.3 Å². The molecule has 0 saturated carbocycles. The van der Waals surface area contributed by atoms with E-state index in [9.17, 15) is 9.59 Å². The lowest BCUT2D eigenvalue weighted by Crippen LogP contribution is -2.30. The van der Waals surface area contributed by atoms with Crippen LogP contribution < -0.4 is 5.32 Å². The minimum atomic E-state index is -0.644. The second-order valence-corrected chi connectivity index (χ2v) is 7.21. The predicted octanol–water partition coefficient (Wildman–Crippen LogP) is 3.81.